The van der Waals surface area contributed by atoms with Crippen molar-refractivity contribution in [1.82, 2.24) is 5.32 Å². The SMILES string of the molecule is C=CCCC(C)NCC(C)O. The molecule has 0 aromatic carbocycles. The molecule has 0 spiro atoms. The number of nitrogens with one attached hydrogen (secondary N) is 1. The zero-order valence-electron chi connectivity index (χ0n) is 7.51. The van der Waals surface area contributed by atoms with Gasteiger partial charge in [-0.2, -0.15) is 0 Å². The molecule has 2 heteroatoms. The number of allylic oxidation sites excluding steroid dienone is 1. The number of aliphatic hydroxyl groups is 1. The largest absolute Gasteiger partial charge is 0.392 e. The topological polar surface area (TPSA) is 32.3 Å². The van der Waals surface area contributed by atoms with E-state index >= 15 is 0 Å². The second kappa shape index (κ2) is 6.38. The van der Waals surface area contributed by atoms with Gasteiger partial charge < -0.3 is 10.4 Å². The van der Waals surface area contributed by atoms with Gasteiger partial charge in [0.2, 0.25) is 0 Å². The smallest absolute Gasteiger partial charge is 0.0636 e. The summed E-state index contributed by atoms with van der Waals surface area (Å²) < 4.78 is 0. The van der Waals surface area contributed by atoms with E-state index in [-0.39, 0.29) is 6.10 Å². The number of hydrogen-bond acceptors (Lipinski definition) is 2. The van der Waals surface area contributed by atoms with Crippen LogP contribution in [0, 0.1) is 0 Å². The molecule has 0 bridgehead atoms. The molecule has 2 N–H and O–H groups in total. The molecule has 0 radical (unpaired) electrons. The van der Waals surface area contributed by atoms with Crippen LogP contribution in [0.5, 0.6) is 0 Å². The first-order valence-electron chi connectivity index (χ1n) is 4.19. The summed E-state index contributed by atoms with van der Waals surface area (Å²) in [5.41, 5.74) is 0. The summed E-state index contributed by atoms with van der Waals surface area (Å²) in [6.45, 7) is 8.23. The molecule has 0 fully saturated rings. The van der Waals surface area contributed by atoms with Crippen LogP contribution in [-0.2, 0) is 0 Å². The van der Waals surface area contributed by atoms with Gasteiger partial charge in [-0.1, -0.05) is 6.08 Å². The maximum atomic E-state index is 8.94. The van der Waals surface area contributed by atoms with Crippen molar-refractivity contribution in [2.24, 2.45) is 0 Å². The average Bonchev–Trinajstić information content (AvgIpc) is 1.97. The fourth-order valence-electron chi connectivity index (χ4n) is 0.842. The van der Waals surface area contributed by atoms with Gasteiger partial charge in [-0.05, 0) is 26.7 Å². The number of hydrogen-bond donors (Lipinski definition) is 2. The van der Waals surface area contributed by atoms with Crippen molar-refractivity contribution >= 4 is 0 Å². The van der Waals surface area contributed by atoms with Crippen LogP contribution in [0.1, 0.15) is 26.7 Å². The van der Waals surface area contributed by atoms with Gasteiger partial charge in [0.05, 0.1) is 6.10 Å². The van der Waals surface area contributed by atoms with Crippen LogP contribution < -0.4 is 5.32 Å². The van der Waals surface area contributed by atoms with Gasteiger partial charge in [0, 0.05) is 12.6 Å². The molecule has 2 atom stereocenters. The van der Waals surface area contributed by atoms with E-state index in [0.717, 1.165) is 12.8 Å². The summed E-state index contributed by atoms with van der Waals surface area (Å²) in [6, 6.07) is 0.475. The molecule has 0 heterocycles. The molecule has 0 aliphatic carbocycles. The minimum absolute atomic E-state index is 0.249. The Morgan fingerprint density at radius 3 is 2.64 bits per heavy atom. The van der Waals surface area contributed by atoms with Crippen molar-refractivity contribution in [3.63, 3.8) is 0 Å². The van der Waals surface area contributed by atoms with Gasteiger partial charge in [-0.3, -0.25) is 0 Å². The molecular formula is C9H19NO. The van der Waals surface area contributed by atoms with Gasteiger partial charge >= 0.3 is 0 Å². The Kier molecular flexibility index (Phi) is 6.18. The van der Waals surface area contributed by atoms with Crippen molar-refractivity contribution in [3.05, 3.63) is 12.7 Å². The number of rotatable bonds is 6. The fraction of sp³-hybridized carbons (Fsp3) is 0.778. The monoisotopic (exact) mass is 157 g/mol. The van der Waals surface area contributed by atoms with E-state index in [1.54, 1.807) is 6.92 Å². The third-order valence-electron chi connectivity index (χ3n) is 1.57. The van der Waals surface area contributed by atoms with E-state index in [0.29, 0.717) is 12.6 Å². The molecule has 0 saturated heterocycles. The highest BCUT2D eigenvalue weighted by Crippen LogP contribution is 1.96. The van der Waals surface area contributed by atoms with E-state index in [2.05, 4.69) is 18.8 Å². The van der Waals surface area contributed by atoms with Crippen LogP contribution in [0.3, 0.4) is 0 Å². The predicted octanol–water partition coefficient (Wildman–Crippen LogP) is 1.31. The van der Waals surface area contributed by atoms with Gasteiger partial charge in [-0.25, -0.2) is 0 Å². The molecule has 2 nitrogen and oxygen atoms in total. The Labute approximate surface area is 69.3 Å². The van der Waals surface area contributed by atoms with E-state index in [4.69, 9.17) is 5.11 Å². The van der Waals surface area contributed by atoms with Gasteiger partial charge in [-0.15, -0.1) is 6.58 Å². The van der Waals surface area contributed by atoms with Crippen LogP contribution in [0.4, 0.5) is 0 Å². The molecule has 0 aliphatic rings. The van der Waals surface area contributed by atoms with Crippen LogP contribution in [0.15, 0.2) is 12.7 Å². The lowest BCUT2D eigenvalue weighted by molar-refractivity contribution is 0.186. The van der Waals surface area contributed by atoms with Crippen molar-refractivity contribution in [3.8, 4) is 0 Å². The highest BCUT2D eigenvalue weighted by Gasteiger charge is 2.00. The Bertz CT molecular complexity index is 102. The van der Waals surface area contributed by atoms with Crippen molar-refractivity contribution in [1.29, 1.82) is 0 Å². The molecular weight excluding hydrogens is 138 g/mol. The lowest BCUT2D eigenvalue weighted by Gasteiger charge is -2.13. The first-order valence-corrected chi connectivity index (χ1v) is 4.19. The quantitative estimate of drug-likeness (QED) is 0.570. The summed E-state index contributed by atoms with van der Waals surface area (Å²) >= 11 is 0. The Morgan fingerprint density at radius 1 is 1.55 bits per heavy atom. The van der Waals surface area contributed by atoms with Gasteiger partial charge in [0.25, 0.3) is 0 Å². The summed E-state index contributed by atoms with van der Waals surface area (Å²) in [4.78, 5) is 0. The molecule has 0 aromatic rings. The van der Waals surface area contributed by atoms with Crippen molar-refractivity contribution in [2.45, 2.75) is 38.8 Å². The maximum Gasteiger partial charge on any atom is 0.0636 e. The van der Waals surface area contributed by atoms with Crippen LogP contribution >= 0.6 is 0 Å². The Balaban J connectivity index is 3.21. The minimum atomic E-state index is -0.249. The average molecular weight is 157 g/mol. The predicted molar refractivity (Wildman–Crippen MR) is 48.6 cm³/mol. The van der Waals surface area contributed by atoms with Gasteiger partial charge in [0.1, 0.15) is 0 Å². The molecule has 0 rings (SSSR count). The normalized spacial score (nSPS) is 15.9. The zero-order valence-corrected chi connectivity index (χ0v) is 7.51. The molecule has 0 saturated carbocycles. The van der Waals surface area contributed by atoms with Crippen LogP contribution in [0.2, 0.25) is 0 Å². The Morgan fingerprint density at radius 2 is 2.18 bits per heavy atom. The highest BCUT2D eigenvalue weighted by molar-refractivity contribution is 4.71. The second-order valence-electron chi connectivity index (χ2n) is 3.02. The molecule has 0 amide bonds. The first-order chi connectivity index (χ1) is 5.16. The summed E-state index contributed by atoms with van der Waals surface area (Å²) in [5, 5.41) is 12.2. The molecule has 11 heavy (non-hydrogen) atoms. The van der Waals surface area contributed by atoms with Crippen molar-refractivity contribution in [2.75, 3.05) is 6.54 Å². The van der Waals surface area contributed by atoms with E-state index in [1.165, 1.54) is 0 Å². The zero-order chi connectivity index (χ0) is 8.69. The van der Waals surface area contributed by atoms with Crippen LogP contribution in [-0.4, -0.2) is 23.8 Å². The Hall–Kier alpha value is -0.340. The highest BCUT2D eigenvalue weighted by atomic mass is 16.3. The third-order valence-corrected chi connectivity index (χ3v) is 1.57. The molecule has 0 aromatic heterocycles. The summed E-state index contributed by atoms with van der Waals surface area (Å²) in [6.07, 6.45) is 3.80. The summed E-state index contributed by atoms with van der Waals surface area (Å²) in [5.74, 6) is 0. The lowest BCUT2D eigenvalue weighted by Crippen LogP contribution is -2.32. The van der Waals surface area contributed by atoms with Gasteiger partial charge in [0.15, 0.2) is 0 Å². The minimum Gasteiger partial charge on any atom is -0.392 e. The molecule has 2 unspecified atom stereocenters. The van der Waals surface area contributed by atoms with Crippen LogP contribution in [0.25, 0.3) is 0 Å². The van der Waals surface area contributed by atoms with E-state index in [1.807, 2.05) is 6.08 Å². The van der Waals surface area contributed by atoms with Crippen molar-refractivity contribution < 1.29 is 5.11 Å². The third kappa shape index (κ3) is 7.56. The van der Waals surface area contributed by atoms with E-state index < -0.39 is 0 Å². The maximum absolute atomic E-state index is 8.94. The summed E-state index contributed by atoms with van der Waals surface area (Å²) in [7, 11) is 0. The first kappa shape index (κ1) is 10.7. The second-order valence-corrected chi connectivity index (χ2v) is 3.02. The lowest BCUT2D eigenvalue weighted by atomic mass is 10.2. The van der Waals surface area contributed by atoms with E-state index in [9.17, 15) is 0 Å². The molecule has 66 valence electrons. The standard InChI is InChI=1S/C9H19NO/c1-4-5-6-8(2)10-7-9(3)11/h4,8-11H,1,5-7H2,2-3H3. The number of aliphatic hydroxyl groups excluding tert-OH is 1. The fourth-order valence-corrected chi connectivity index (χ4v) is 0.842. The molecule has 0 aliphatic heterocycles.